The second-order valence-electron chi connectivity index (χ2n) is 5.50. The molecule has 0 aliphatic heterocycles. The van der Waals surface area contributed by atoms with Crippen LogP contribution in [-0.2, 0) is 11.2 Å². The Morgan fingerprint density at radius 2 is 2.04 bits per heavy atom. The minimum Gasteiger partial charge on any atom is -0.325 e. The van der Waals surface area contributed by atoms with E-state index in [0.29, 0.717) is 10.9 Å². The van der Waals surface area contributed by atoms with Gasteiger partial charge >= 0.3 is 0 Å². The lowest BCUT2D eigenvalue weighted by molar-refractivity contribution is -0.113. The van der Waals surface area contributed by atoms with Crippen LogP contribution in [0.4, 0.5) is 5.69 Å². The molecule has 0 aliphatic carbocycles. The third-order valence-corrected chi connectivity index (χ3v) is 4.60. The van der Waals surface area contributed by atoms with Crippen molar-refractivity contribution >= 4 is 29.1 Å². The Kier molecular flexibility index (Phi) is 4.80. The van der Waals surface area contributed by atoms with Gasteiger partial charge in [-0.05, 0) is 38.0 Å². The highest BCUT2D eigenvalue weighted by atomic mass is 32.2. The maximum Gasteiger partial charge on any atom is 0.256 e. The first kappa shape index (κ1) is 16.4. The van der Waals surface area contributed by atoms with Gasteiger partial charge in [0.1, 0.15) is 0 Å². The van der Waals surface area contributed by atoms with Gasteiger partial charge in [-0.1, -0.05) is 36.9 Å². The van der Waals surface area contributed by atoms with Gasteiger partial charge in [0.2, 0.25) is 5.91 Å². The number of thioether (sulfide) groups is 1. The molecule has 3 rings (SSSR count). The van der Waals surface area contributed by atoms with E-state index in [2.05, 4.69) is 27.4 Å². The van der Waals surface area contributed by atoms with Crippen molar-refractivity contribution in [1.29, 1.82) is 0 Å². The Balaban J connectivity index is 1.71. The number of rotatable bonds is 5. The predicted molar refractivity (Wildman–Crippen MR) is 95.4 cm³/mol. The molecule has 2 heterocycles. The van der Waals surface area contributed by atoms with E-state index in [4.69, 9.17) is 0 Å². The largest absolute Gasteiger partial charge is 0.325 e. The zero-order valence-electron chi connectivity index (χ0n) is 13.9. The van der Waals surface area contributed by atoms with Crippen molar-refractivity contribution in [2.45, 2.75) is 32.3 Å². The number of aryl methyl sites for hydroxylation is 3. The fourth-order valence-electron chi connectivity index (χ4n) is 2.56. The Morgan fingerprint density at radius 1 is 1.25 bits per heavy atom. The van der Waals surface area contributed by atoms with Gasteiger partial charge in [0.15, 0.2) is 5.16 Å². The molecule has 6 nitrogen and oxygen atoms in total. The highest BCUT2D eigenvalue weighted by molar-refractivity contribution is 7.99. The summed E-state index contributed by atoms with van der Waals surface area (Å²) in [6.45, 7) is 5.97. The van der Waals surface area contributed by atoms with E-state index in [1.165, 1.54) is 11.8 Å². The fraction of sp³-hybridized carbons (Fsp3) is 0.294. The minimum atomic E-state index is -0.0598. The SMILES string of the molecule is CCc1ccccc1NC(=O)CSc1nnc2nc(C)cc(C)n12. The molecule has 3 aromatic rings. The lowest BCUT2D eigenvalue weighted by Gasteiger charge is -2.09. The van der Waals surface area contributed by atoms with Gasteiger partial charge in [0, 0.05) is 17.1 Å². The normalized spacial score (nSPS) is 11.0. The fourth-order valence-corrected chi connectivity index (χ4v) is 3.35. The number of nitrogens with zero attached hydrogens (tertiary/aromatic N) is 4. The summed E-state index contributed by atoms with van der Waals surface area (Å²) in [6.07, 6.45) is 0.878. The van der Waals surface area contributed by atoms with Crippen molar-refractivity contribution < 1.29 is 4.79 Å². The third kappa shape index (κ3) is 3.41. The van der Waals surface area contributed by atoms with Crippen LogP contribution in [0.25, 0.3) is 5.78 Å². The van der Waals surface area contributed by atoms with Crippen molar-refractivity contribution in [3.05, 3.63) is 47.3 Å². The maximum absolute atomic E-state index is 12.2. The van der Waals surface area contributed by atoms with Gasteiger partial charge in [-0.2, -0.15) is 0 Å². The topological polar surface area (TPSA) is 72.2 Å². The zero-order valence-corrected chi connectivity index (χ0v) is 14.7. The van der Waals surface area contributed by atoms with Crippen LogP contribution in [-0.4, -0.2) is 31.2 Å². The molecule has 0 aliphatic rings. The number of hydrogen-bond donors (Lipinski definition) is 1. The number of nitrogens with one attached hydrogen (secondary N) is 1. The molecular weight excluding hydrogens is 322 g/mol. The van der Waals surface area contributed by atoms with Crippen LogP contribution in [0.3, 0.4) is 0 Å². The van der Waals surface area contributed by atoms with Crippen molar-refractivity contribution in [3.8, 4) is 0 Å². The molecule has 0 fully saturated rings. The van der Waals surface area contributed by atoms with E-state index in [1.807, 2.05) is 48.6 Å². The number of fused-ring (bicyclic) bond motifs is 1. The summed E-state index contributed by atoms with van der Waals surface area (Å²) >= 11 is 1.35. The van der Waals surface area contributed by atoms with Crippen molar-refractivity contribution in [1.82, 2.24) is 19.6 Å². The molecule has 24 heavy (non-hydrogen) atoms. The Hall–Kier alpha value is -2.41. The third-order valence-electron chi connectivity index (χ3n) is 3.67. The number of aromatic nitrogens is 4. The molecule has 2 aromatic heterocycles. The van der Waals surface area contributed by atoms with Crippen LogP contribution in [0, 0.1) is 13.8 Å². The number of para-hydroxylation sites is 1. The zero-order chi connectivity index (χ0) is 17.1. The number of carbonyl (C=O) groups excluding carboxylic acids is 1. The molecule has 1 N–H and O–H groups in total. The van der Waals surface area contributed by atoms with E-state index in [1.54, 1.807) is 0 Å². The molecule has 0 saturated carbocycles. The monoisotopic (exact) mass is 341 g/mol. The number of carbonyl (C=O) groups is 1. The molecule has 0 bridgehead atoms. The lowest BCUT2D eigenvalue weighted by atomic mass is 10.1. The van der Waals surface area contributed by atoms with Crippen LogP contribution in [0.2, 0.25) is 0 Å². The van der Waals surface area contributed by atoms with Gasteiger partial charge in [-0.15, -0.1) is 10.2 Å². The highest BCUT2D eigenvalue weighted by Crippen LogP contribution is 2.20. The summed E-state index contributed by atoms with van der Waals surface area (Å²) < 4.78 is 1.87. The van der Waals surface area contributed by atoms with E-state index >= 15 is 0 Å². The summed E-state index contributed by atoms with van der Waals surface area (Å²) in [5, 5.41) is 11.9. The number of amides is 1. The van der Waals surface area contributed by atoms with Crippen LogP contribution in [0.1, 0.15) is 23.9 Å². The Labute approximate surface area is 144 Å². The maximum atomic E-state index is 12.2. The smallest absolute Gasteiger partial charge is 0.256 e. The molecule has 0 saturated heterocycles. The Bertz CT molecular complexity index is 890. The van der Waals surface area contributed by atoms with Gasteiger partial charge in [-0.25, -0.2) is 4.98 Å². The molecule has 0 radical (unpaired) electrons. The second-order valence-corrected chi connectivity index (χ2v) is 6.45. The molecule has 0 atom stereocenters. The van der Waals surface area contributed by atoms with Crippen molar-refractivity contribution in [2.75, 3.05) is 11.1 Å². The number of anilines is 1. The molecule has 1 aromatic carbocycles. The quantitative estimate of drug-likeness (QED) is 0.722. The lowest BCUT2D eigenvalue weighted by Crippen LogP contribution is -2.15. The summed E-state index contributed by atoms with van der Waals surface area (Å²) in [6, 6.07) is 9.81. The molecule has 0 unspecified atom stereocenters. The van der Waals surface area contributed by atoms with E-state index < -0.39 is 0 Å². The average molecular weight is 341 g/mol. The van der Waals surface area contributed by atoms with E-state index in [0.717, 1.165) is 29.1 Å². The first-order chi connectivity index (χ1) is 11.6. The van der Waals surface area contributed by atoms with Gasteiger partial charge in [-0.3, -0.25) is 9.20 Å². The summed E-state index contributed by atoms with van der Waals surface area (Å²) in [7, 11) is 0. The van der Waals surface area contributed by atoms with Crippen molar-refractivity contribution in [2.24, 2.45) is 0 Å². The Morgan fingerprint density at radius 3 is 2.83 bits per heavy atom. The first-order valence-electron chi connectivity index (χ1n) is 7.78. The first-order valence-corrected chi connectivity index (χ1v) is 8.77. The van der Waals surface area contributed by atoms with Gasteiger partial charge < -0.3 is 5.32 Å². The molecule has 0 spiro atoms. The molecule has 1 amide bonds. The van der Waals surface area contributed by atoms with Crippen molar-refractivity contribution in [3.63, 3.8) is 0 Å². The van der Waals surface area contributed by atoms with E-state index in [9.17, 15) is 4.79 Å². The summed E-state index contributed by atoms with van der Waals surface area (Å²) in [4.78, 5) is 16.6. The van der Waals surface area contributed by atoms with E-state index in [-0.39, 0.29) is 11.7 Å². The standard InChI is InChI=1S/C17H19N5OS/c1-4-13-7-5-6-8-14(13)19-15(23)10-24-17-21-20-16-18-11(2)9-12(3)22(16)17/h5-9H,4,10H2,1-3H3,(H,19,23). The van der Waals surface area contributed by atoms with Crippen LogP contribution in [0.5, 0.6) is 0 Å². The summed E-state index contributed by atoms with van der Waals surface area (Å²) in [5.74, 6) is 0.772. The minimum absolute atomic E-state index is 0.0598. The van der Waals surface area contributed by atoms with Gasteiger partial charge in [0.05, 0.1) is 5.75 Å². The average Bonchev–Trinajstić information content (AvgIpc) is 2.96. The molecule has 7 heteroatoms. The molecule has 124 valence electrons. The predicted octanol–water partition coefficient (Wildman–Crippen LogP) is 3.03. The molecular formula is C17H19N5OS. The summed E-state index contributed by atoms with van der Waals surface area (Å²) in [5.41, 5.74) is 3.89. The highest BCUT2D eigenvalue weighted by Gasteiger charge is 2.13. The number of hydrogen-bond acceptors (Lipinski definition) is 5. The van der Waals surface area contributed by atoms with Crippen LogP contribution >= 0.6 is 11.8 Å². The second kappa shape index (κ2) is 7.00. The van der Waals surface area contributed by atoms with Crippen LogP contribution in [0.15, 0.2) is 35.5 Å². The number of benzene rings is 1. The van der Waals surface area contributed by atoms with Crippen LogP contribution < -0.4 is 5.32 Å². The van der Waals surface area contributed by atoms with Gasteiger partial charge in [0.25, 0.3) is 5.78 Å².